The van der Waals surface area contributed by atoms with Gasteiger partial charge in [-0.25, -0.2) is 4.39 Å². The Morgan fingerprint density at radius 1 is 1.47 bits per heavy atom. The fraction of sp³-hybridized carbons (Fsp3) is 0.500. The summed E-state index contributed by atoms with van der Waals surface area (Å²) in [6.07, 6.45) is 4.76. The second-order valence-corrected chi connectivity index (χ2v) is 6.45. The highest BCUT2D eigenvalue weighted by molar-refractivity contribution is 8.00. The normalized spacial score (nSPS) is 24.4. The van der Waals surface area contributed by atoms with Crippen LogP contribution in [0.1, 0.15) is 38.2 Å². The monoisotopic (exact) mass is 282 g/mol. The molecule has 2 atom stereocenters. The van der Waals surface area contributed by atoms with Gasteiger partial charge in [-0.3, -0.25) is 0 Å². The first-order chi connectivity index (χ1) is 9.11. The minimum atomic E-state index is -0.441. The molecular weight excluding hydrogens is 263 g/mol. The number of amidine groups is 1. The van der Waals surface area contributed by atoms with E-state index >= 15 is 0 Å². The lowest BCUT2D eigenvalue weighted by molar-refractivity contribution is 0.318. The Hall–Kier alpha value is -1.23. The number of rotatable bonds is 3. The predicted octanol–water partition coefficient (Wildman–Crippen LogP) is 3.59. The first-order valence-electron chi connectivity index (χ1n) is 6.55. The van der Waals surface area contributed by atoms with Gasteiger partial charge in [-0.15, -0.1) is 11.8 Å². The molecule has 5 heteroatoms. The molecule has 1 saturated carbocycles. The van der Waals surface area contributed by atoms with E-state index in [4.69, 9.17) is 10.9 Å². The van der Waals surface area contributed by atoms with E-state index in [1.807, 2.05) is 6.07 Å². The van der Waals surface area contributed by atoms with Crippen molar-refractivity contribution in [3.8, 4) is 0 Å². The zero-order chi connectivity index (χ0) is 13.8. The molecule has 0 radical (unpaired) electrons. The van der Waals surface area contributed by atoms with Crippen LogP contribution < -0.4 is 5.73 Å². The van der Waals surface area contributed by atoms with Gasteiger partial charge in [0.2, 0.25) is 0 Å². The maximum Gasteiger partial charge on any atom is 0.174 e. The highest BCUT2D eigenvalue weighted by atomic mass is 32.2. The summed E-state index contributed by atoms with van der Waals surface area (Å²) in [4.78, 5) is 0.759. The summed E-state index contributed by atoms with van der Waals surface area (Å²) < 4.78 is 13.8. The van der Waals surface area contributed by atoms with Gasteiger partial charge in [0, 0.05) is 10.1 Å². The van der Waals surface area contributed by atoms with Gasteiger partial charge in [-0.05, 0) is 30.9 Å². The summed E-state index contributed by atoms with van der Waals surface area (Å²) in [6, 6.07) is 4.83. The van der Waals surface area contributed by atoms with Crippen LogP contribution >= 0.6 is 11.8 Å². The topological polar surface area (TPSA) is 58.6 Å². The molecule has 0 heterocycles. The molecule has 3 N–H and O–H groups in total. The molecule has 0 amide bonds. The molecule has 1 aliphatic carbocycles. The second-order valence-electron chi connectivity index (χ2n) is 5.11. The van der Waals surface area contributed by atoms with Crippen LogP contribution in [0.25, 0.3) is 0 Å². The zero-order valence-corrected chi connectivity index (χ0v) is 11.8. The average Bonchev–Trinajstić information content (AvgIpc) is 2.38. The van der Waals surface area contributed by atoms with Gasteiger partial charge in [0.05, 0.1) is 5.56 Å². The molecule has 0 aliphatic heterocycles. The van der Waals surface area contributed by atoms with Crippen molar-refractivity contribution in [1.29, 1.82) is 0 Å². The molecule has 104 valence electrons. The molecule has 2 rings (SSSR count). The summed E-state index contributed by atoms with van der Waals surface area (Å²) in [5.74, 6) is 0.112. The maximum atomic E-state index is 13.8. The first-order valence-corrected chi connectivity index (χ1v) is 7.43. The fourth-order valence-corrected chi connectivity index (χ4v) is 4.11. The highest BCUT2D eigenvalue weighted by Crippen LogP contribution is 2.37. The Balaban J connectivity index is 2.22. The largest absolute Gasteiger partial charge is 0.409 e. The van der Waals surface area contributed by atoms with Gasteiger partial charge in [0.1, 0.15) is 5.82 Å². The van der Waals surface area contributed by atoms with Crippen molar-refractivity contribution in [3.63, 3.8) is 0 Å². The first kappa shape index (κ1) is 14.2. The van der Waals surface area contributed by atoms with Crippen molar-refractivity contribution in [2.45, 2.75) is 42.8 Å². The quantitative estimate of drug-likeness (QED) is 0.385. The minimum absolute atomic E-state index is 0.163. The molecule has 0 bridgehead atoms. The smallest absolute Gasteiger partial charge is 0.174 e. The number of hydrogen-bond donors (Lipinski definition) is 2. The predicted molar refractivity (Wildman–Crippen MR) is 76.2 cm³/mol. The summed E-state index contributed by atoms with van der Waals surface area (Å²) in [6.45, 7) is 2.25. The van der Waals surface area contributed by atoms with Crippen molar-refractivity contribution >= 4 is 17.6 Å². The van der Waals surface area contributed by atoms with E-state index < -0.39 is 5.82 Å². The van der Waals surface area contributed by atoms with Crippen molar-refractivity contribution in [1.82, 2.24) is 0 Å². The Kier molecular flexibility index (Phi) is 4.69. The molecule has 1 aromatic rings. The van der Waals surface area contributed by atoms with Crippen LogP contribution in [0.15, 0.2) is 28.3 Å². The zero-order valence-electron chi connectivity index (χ0n) is 11.0. The van der Waals surface area contributed by atoms with Gasteiger partial charge in [0.25, 0.3) is 0 Å². The molecule has 0 saturated heterocycles. The molecule has 3 nitrogen and oxygen atoms in total. The molecule has 2 unspecified atom stereocenters. The van der Waals surface area contributed by atoms with Crippen LogP contribution in [0.4, 0.5) is 4.39 Å². The Morgan fingerprint density at radius 2 is 2.26 bits per heavy atom. The van der Waals surface area contributed by atoms with Crippen molar-refractivity contribution < 1.29 is 9.60 Å². The van der Waals surface area contributed by atoms with Crippen molar-refractivity contribution in [3.05, 3.63) is 29.6 Å². The van der Waals surface area contributed by atoms with Gasteiger partial charge in [-0.2, -0.15) is 0 Å². The third kappa shape index (κ3) is 3.41. The SMILES string of the molecule is CC1CCCC(Sc2cccc(F)c2C(N)=NO)C1. The molecule has 1 aromatic carbocycles. The lowest BCUT2D eigenvalue weighted by Gasteiger charge is -2.26. The Labute approximate surface area is 117 Å². The van der Waals surface area contributed by atoms with Crippen LogP contribution in [0, 0.1) is 11.7 Å². The highest BCUT2D eigenvalue weighted by Gasteiger charge is 2.22. The van der Waals surface area contributed by atoms with Crippen molar-refractivity contribution in [2.75, 3.05) is 0 Å². The van der Waals surface area contributed by atoms with Crippen LogP contribution in [-0.2, 0) is 0 Å². The van der Waals surface area contributed by atoms with Gasteiger partial charge in [0.15, 0.2) is 5.84 Å². The van der Waals surface area contributed by atoms with E-state index in [9.17, 15) is 4.39 Å². The minimum Gasteiger partial charge on any atom is -0.409 e. The van der Waals surface area contributed by atoms with E-state index in [1.165, 1.54) is 18.9 Å². The molecule has 0 aromatic heterocycles. The number of halogens is 1. The van der Waals surface area contributed by atoms with E-state index in [-0.39, 0.29) is 11.4 Å². The van der Waals surface area contributed by atoms with Gasteiger partial charge >= 0.3 is 0 Å². The van der Waals surface area contributed by atoms with Crippen LogP contribution in [0.5, 0.6) is 0 Å². The molecular formula is C14H19FN2OS. The number of nitrogens with two attached hydrogens (primary N) is 1. The lowest BCUT2D eigenvalue weighted by atomic mass is 9.91. The second kappa shape index (κ2) is 6.28. The van der Waals surface area contributed by atoms with E-state index in [0.29, 0.717) is 11.2 Å². The summed E-state index contributed by atoms with van der Waals surface area (Å²) in [5.41, 5.74) is 5.79. The van der Waals surface area contributed by atoms with Crippen LogP contribution in [0.3, 0.4) is 0 Å². The molecule has 19 heavy (non-hydrogen) atoms. The lowest BCUT2D eigenvalue weighted by Crippen LogP contribution is -2.19. The van der Waals surface area contributed by atoms with Crippen molar-refractivity contribution in [2.24, 2.45) is 16.8 Å². The average molecular weight is 282 g/mol. The number of benzene rings is 1. The molecule has 1 fully saturated rings. The van der Waals surface area contributed by atoms with Crippen LogP contribution in [-0.4, -0.2) is 16.3 Å². The summed E-state index contributed by atoms with van der Waals surface area (Å²) >= 11 is 1.64. The van der Waals surface area contributed by atoms with Crippen LogP contribution in [0.2, 0.25) is 0 Å². The number of thioether (sulfide) groups is 1. The molecule has 0 spiro atoms. The third-order valence-electron chi connectivity index (χ3n) is 3.52. The van der Waals surface area contributed by atoms with Gasteiger partial charge < -0.3 is 10.9 Å². The van der Waals surface area contributed by atoms with E-state index in [0.717, 1.165) is 17.7 Å². The Bertz CT molecular complexity index is 479. The van der Waals surface area contributed by atoms with E-state index in [1.54, 1.807) is 17.8 Å². The third-order valence-corrected chi connectivity index (χ3v) is 4.88. The number of nitrogens with zero attached hydrogens (tertiary/aromatic N) is 1. The number of hydrogen-bond acceptors (Lipinski definition) is 3. The maximum absolute atomic E-state index is 13.8. The fourth-order valence-electron chi connectivity index (χ4n) is 2.57. The van der Waals surface area contributed by atoms with E-state index in [2.05, 4.69) is 12.1 Å². The number of oxime groups is 1. The van der Waals surface area contributed by atoms with Gasteiger partial charge in [-0.1, -0.05) is 31.0 Å². The standard InChI is InChI=1S/C14H19FN2OS/c1-9-4-2-5-10(8-9)19-12-7-3-6-11(15)13(12)14(16)17-18/h3,6-7,9-10,18H,2,4-5,8H2,1H3,(H2,16,17). The molecule has 1 aliphatic rings. The Morgan fingerprint density at radius 3 is 2.95 bits per heavy atom. The summed E-state index contributed by atoms with van der Waals surface area (Å²) in [7, 11) is 0. The summed E-state index contributed by atoms with van der Waals surface area (Å²) in [5, 5.41) is 12.2.